The third-order valence-electron chi connectivity index (χ3n) is 6.48. The minimum absolute atomic E-state index is 0.0583. The van der Waals surface area contributed by atoms with Crippen LogP contribution in [-0.2, 0) is 4.79 Å². The van der Waals surface area contributed by atoms with Crippen LogP contribution in [0.3, 0.4) is 0 Å². The molecule has 5 rings (SSSR count). The number of carbonyl (C=O) groups is 3. The van der Waals surface area contributed by atoms with Gasteiger partial charge in [0.2, 0.25) is 0 Å². The van der Waals surface area contributed by atoms with E-state index in [1.807, 2.05) is 42.5 Å². The summed E-state index contributed by atoms with van der Waals surface area (Å²) < 4.78 is 0. The van der Waals surface area contributed by atoms with E-state index in [0.717, 1.165) is 16.3 Å². The fraction of sp³-hybridized carbons (Fsp3) is 0. The van der Waals surface area contributed by atoms with Gasteiger partial charge >= 0.3 is 0 Å². The monoisotopic (exact) mass is 590 g/mol. The molecule has 7 heteroatoms. The number of halogens is 2. The minimum atomic E-state index is -0.592. The van der Waals surface area contributed by atoms with Gasteiger partial charge in [-0.2, -0.15) is 0 Å². The van der Waals surface area contributed by atoms with Gasteiger partial charge in [0.1, 0.15) is 5.70 Å². The Hall–Kier alpha value is -4.97. The Kier molecular flexibility index (Phi) is 8.93. The summed E-state index contributed by atoms with van der Waals surface area (Å²) in [5.74, 6) is -1.24. The molecule has 5 aromatic carbocycles. The number of anilines is 1. The normalized spacial score (nSPS) is 11.4. The number of carbonyl (C=O) groups excluding carboxylic acids is 3. The number of rotatable bonds is 8. The highest BCUT2D eigenvalue weighted by Crippen LogP contribution is 2.27. The van der Waals surface area contributed by atoms with Crippen molar-refractivity contribution in [2.24, 2.45) is 0 Å². The van der Waals surface area contributed by atoms with Crippen LogP contribution in [0.25, 0.3) is 22.9 Å². The van der Waals surface area contributed by atoms with Gasteiger partial charge in [-0.25, -0.2) is 0 Å². The molecule has 0 heterocycles. The molecule has 0 radical (unpaired) electrons. The van der Waals surface area contributed by atoms with Crippen LogP contribution < -0.4 is 10.6 Å². The van der Waals surface area contributed by atoms with Gasteiger partial charge in [-0.1, -0.05) is 96.0 Å². The minimum Gasteiger partial charge on any atom is -0.321 e. The van der Waals surface area contributed by atoms with Crippen LogP contribution in [0.1, 0.15) is 31.8 Å². The van der Waals surface area contributed by atoms with Gasteiger partial charge in [0.05, 0.1) is 0 Å². The Balaban J connectivity index is 1.34. The molecule has 0 aromatic heterocycles. The maximum atomic E-state index is 13.3. The number of hydrogen-bond acceptors (Lipinski definition) is 3. The SMILES string of the molecule is O=C(Nc1ccc(C(=O)/C=C/c2cccc3ccccc23)cc1)/C(=C/c1c(Cl)cccc1Cl)NC(=O)c1ccccc1. The predicted octanol–water partition coefficient (Wildman–Crippen LogP) is 8.45. The van der Waals surface area contributed by atoms with Crippen molar-refractivity contribution in [3.8, 4) is 0 Å². The van der Waals surface area contributed by atoms with Crippen molar-refractivity contribution < 1.29 is 14.4 Å². The molecule has 0 saturated carbocycles. The summed E-state index contributed by atoms with van der Waals surface area (Å²) in [7, 11) is 0. The number of ketones is 1. The zero-order valence-corrected chi connectivity index (χ0v) is 23.7. The first kappa shape index (κ1) is 28.6. The third kappa shape index (κ3) is 6.84. The smallest absolute Gasteiger partial charge is 0.272 e. The van der Waals surface area contributed by atoms with Crippen molar-refractivity contribution in [1.82, 2.24) is 5.32 Å². The molecule has 0 aliphatic rings. The quantitative estimate of drug-likeness (QED) is 0.140. The molecule has 0 unspecified atom stereocenters. The summed E-state index contributed by atoms with van der Waals surface area (Å²) >= 11 is 12.6. The first-order valence-electron chi connectivity index (χ1n) is 13.0. The molecule has 42 heavy (non-hydrogen) atoms. The molecule has 2 N–H and O–H groups in total. The average Bonchev–Trinajstić information content (AvgIpc) is 3.01. The Morgan fingerprint density at radius 1 is 0.643 bits per heavy atom. The lowest BCUT2D eigenvalue weighted by atomic mass is 10.0. The summed E-state index contributed by atoms with van der Waals surface area (Å²) in [5, 5.41) is 8.22. The van der Waals surface area contributed by atoms with E-state index in [1.54, 1.807) is 78.9 Å². The molecule has 0 aliphatic carbocycles. The molecular formula is C35H24Cl2N2O3. The lowest BCUT2D eigenvalue weighted by molar-refractivity contribution is -0.113. The zero-order chi connectivity index (χ0) is 29.5. The number of allylic oxidation sites excluding steroid dienone is 1. The molecule has 0 aliphatic heterocycles. The second-order valence-corrected chi connectivity index (χ2v) is 10.1. The maximum Gasteiger partial charge on any atom is 0.272 e. The molecule has 0 fully saturated rings. The van der Waals surface area contributed by atoms with Crippen molar-refractivity contribution in [2.75, 3.05) is 5.32 Å². The molecule has 0 saturated heterocycles. The van der Waals surface area contributed by atoms with E-state index in [4.69, 9.17) is 23.2 Å². The van der Waals surface area contributed by atoms with E-state index in [9.17, 15) is 14.4 Å². The van der Waals surface area contributed by atoms with Gasteiger partial charge < -0.3 is 10.6 Å². The van der Waals surface area contributed by atoms with Crippen molar-refractivity contribution >= 4 is 69.4 Å². The van der Waals surface area contributed by atoms with E-state index in [-0.39, 0.29) is 11.5 Å². The molecule has 5 nitrogen and oxygen atoms in total. The van der Waals surface area contributed by atoms with Gasteiger partial charge in [0.25, 0.3) is 11.8 Å². The van der Waals surface area contributed by atoms with Crippen LogP contribution >= 0.6 is 23.2 Å². The first-order chi connectivity index (χ1) is 20.4. The Bertz CT molecular complexity index is 1820. The zero-order valence-electron chi connectivity index (χ0n) is 22.2. The second kappa shape index (κ2) is 13.1. The number of fused-ring (bicyclic) bond motifs is 1. The highest BCUT2D eigenvalue weighted by Gasteiger charge is 2.17. The lowest BCUT2D eigenvalue weighted by Gasteiger charge is -2.12. The summed E-state index contributed by atoms with van der Waals surface area (Å²) in [6.45, 7) is 0. The van der Waals surface area contributed by atoms with Gasteiger partial charge in [-0.3, -0.25) is 14.4 Å². The van der Waals surface area contributed by atoms with Crippen molar-refractivity contribution in [3.05, 3.63) is 159 Å². The van der Waals surface area contributed by atoms with Gasteiger partial charge in [0.15, 0.2) is 5.78 Å². The highest BCUT2D eigenvalue weighted by atomic mass is 35.5. The van der Waals surface area contributed by atoms with Crippen LogP contribution in [0.2, 0.25) is 10.0 Å². The van der Waals surface area contributed by atoms with E-state index >= 15 is 0 Å². The van der Waals surface area contributed by atoms with E-state index < -0.39 is 11.8 Å². The third-order valence-corrected chi connectivity index (χ3v) is 7.14. The standard InChI is InChI=1S/C35H24Cl2N2O3/c36-30-14-7-15-31(37)29(30)22-32(39-34(41)26-9-2-1-3-10-26)35(42)38-27-19-16-25(17-20-27)33(40)21-18-24-12-6-11-23-8-4-5-13-28(23)24/h1-22H,(H,38,42)(H,39,41)/b21-18+,32-22-. The average molecular weight is 591 g/mol. The second-order valence-electron chi connectivity index (χ2n) is 9.31. The van der Waals surface area contributed by atoms with Crippen LogP contribution in [0, 0.1) is 0 Å². The van der Waals surface area contributed by atoms with Gasteiger partial charge in [-0.05, 0) is 77.0 Å². The molecular weight excluding hydrogens is 567 g/mol. The predicted molar refractivity (Wildman–Crippen MR) is 171 cm³/mol. The van der Waals surface area contributed by atoms with Crippen LogP contribution in [0.15, 0.2) is 127 Å². The largest absolute Gasteiger partial charge is 0.321 e. The number of nitrogens with one attached hydrogen (secondary N) is 2. The molecule has 206 valence electrons. The molecule has 0 spiro atoms. The van der Waals surface area contributed by atoms with E-state index in [1.165, 1.54) is 12.2 Å². The summed E-state index contributed by atoms with van der Waals surface area (Å²) in [6, 6.07) is 33.9. The Morgan fingerprint density at radius 2 is 1.29 bits per heavy atom. The molecule has 2 amide bonds. The van der Waals surface area contributed by atoms with Crippen LogP contribution in [0.5, 0.6) is 0 Å². The molecule has 5 aromatic rings. The Labute approximate surface area is 253 Å². The van der Waals surface area contributed by atoms with Gasteiger partial charge in [0, 0.05) is 32.4 Å². The van der Waals surface area contributed by atoms with Crippen molar-refractivity contribution in [1.29, 1.82) is 0 Å². The summed E-state index contributed by atoms with van der Waals surface area (Å²) in [5.41, 5.74) is 2.54. The fourth-order valence-electron chi connectivity index (χ4n) is 4.31. The number of hydrogen-bond donors (Lipinski definition) is 2. The van der Waals surface area contributed by atoms with E-state index in [0.29, 0.717) is 32.4 Å². The summed E-state index contributed by atoms with van der Waals surface area (Å²) in [4.78, 5) is 39.1. The van der Waals surface area contributed by atoms with Crippen LogP contribution in [0.4, 0.5) is 5.69 Å². The van der Waals surface area contributed by atoms with Crippen molar-refractivity contribution in [3.63, 3.8) is 0 Å². The Morgan fingerprint density at radius 3 is 2.02 bits per heavy atom. The van der Waals surface area contributed by atoms with Gasteiger partial charge in [-0.15, -0.1) is 0 Å². The van der Waals surface area contributed by atoms with Crippen molar-refractivity contribution in [2.45, 2.75) is 0 Å². The van der Waals surface area contributed by atoms with E-state index in [2.05, 4.69) is 10.6 Å². The number of benzene rings is 5. The molecule has 0 bridgehead atoms. The first-order valence-corrected chi connectivity index (χ1v) is 13.8. The topological polar surface area (TPSA) is 75.3 Å². The lowest BCUT2D eigenvalue weighted by Crippen LogP contribution is -2.30. The number of amides is 2. The summed E-state index contributed by atoms with van der Waals surface area (Å²) in [6.07, 6.45) is 4.76. The fourth-order valence-corrected chi connectivity index (χ4v) is 4.82. The van der Waals surface area contributed by atoms with Crippen LogP contribution in [-0.4, -0.2) is 17.6 Å². The molecule has 0 atom stereocenters. The maximum absolute atomic E-state index is 13.3. The highest BCUT2D eigenvalue weighted by molar-refractivity contribution is 6.37.